The molecule has 2 heterocycles. The zero-order valence-electron chi connectivity index (χ0n) is 9.07. The van der Waals surface area contributed by atoms with Gasteiger partial charge in [-0.05, 0) is 12.3 Å². The Morgan fingerprint density at radius 2 is 1.93 bits per heavy atom. The van der Waals surface area contributed by atoms with Crippen LogP contribution in [0.4, 0.5) is 0 Å². The molecule has 2 rings (SSSR count). The van der Waals surface area contributed by atoms with Crippen molar-refractivity contribution in [1.82, 2.24) is 14.4 Å². The van der Waals surface area contributed by atoms with E-state index >= 15 is 0 Å². The molecule has 0 saturated heterocycles. The Labute approximate surface area is 83.8 Å². The van der Waals surface area contributed by atoms with E-state index in [2.05, 4.69) is 30.7 Å². The first-order valence-corrected chi connectivity index (χ1v) is 4.79. The topological polar surface area (TPSA) is 30.2 Å². The average molecular weight is 189 g/mol. The SMILES string of the molecule is Cc1ncn2ccnc2c1C(C)(C)C. The molecule has 0 N–H and O–H groups in total. The number of hydrogen-bond acceptors (Lipinski definition) is 2. The van der Waals surface area contributed by atoms with Crippen LogP contribution in [-0.2, 0) is 5.41 Å². The Morgan fingerprint density at radius 1 is 1.21 bits per heavy atom. The number of aromatic nitrogens is 3. The van der Waals surface area contributed by atoms with Crippen molar-refractivity contribution in [3.8, 4) is 0 Å². The van der Waals surface area contributed by atoms with Crippen LogP contribution >= 0.6 is 0 Å². The number of fused-ring (bicyclic) bond motifs is 1. The normalized spacial score (nSPS) is 12.3. The van der Waals surface area contributed by atoms with Gasteiger partial charge in [-0.2, -0.15) is 0 Å². The largest absolute Gasteiger partial charge is 0.290 e. The lowest BCUT2D eigenvalue weighted by Crippen LogP contribution is -2.16. The second-order valence-corrected chi connectivity index (χ2v) is 4.61. The van der Waals surface area contributed by atoms with Crippen LogP contribution in [0.15, 0.2) is 18.7 Å². The highest BCUT2D eigenvalue weighted by molar-refractivity contribution is 5.52. The van der Waals surface area contributed by atoms with Crippen LogP contribution < -0.4 is 0 Å². The number of nitrogens with zero attached hydrogens (tertiary/aromatic N) is 3. The summed E-state index contributed by atoms with van der Waals surface area (Å²) >= 11 is 0. The maximum Gasteiger partial charge on any atom is 0.143 e. The van der Waals surface area contributed by atoms with E-state index in [1.165, 1.54) is 5.56 Å². The monoisotopic (exact) mass is 189 g/mol. The molecular formula is C11H15N3. The first-order chi connectivity index (χ1) is 6.50. The van der Waals surface area contributed by atoms with Crippen LogP contribution in [-0.4, -0.2) is 14.4 Å². The standard InChI is InChI=1S/C11H15N3/c1-8-9(11(2,3)4)10-12-5-6-14(10)7-13-8/h5-7H,1-4H3. The summed E-state index contributed by atoms with van der Waals surface area (Å²) in [7, 11) is 0. The Hall–Kier alpha value is -1.38. The number of imidazole rings is 1. The van der Waals surface area contributed by atoms with Crippen molar-refractivity contribution in [2.75, 3.05) is 0 Å². The van der Waals surface area contributed by atoms with Crippen molar-refractivity contribution in [3.05, 3.63) is 30.0 Å². The summed E-state index contributed by atoms with van der Waals surface area (Å²) in [4.78, 5) is 8.74. The summed E-state index contributed by atoms with van der Waals surface area (Å²) in [5.41, 5.74) is 3.40. The van der Waals surface area contributed by atoms with Crippen LogP contribution in [0.2, 0.25) is 0 Å². The van der Waals surface area contributed by atoms with Gasteiger partial charge in [0.05, 0.1) is 0 Å². The minimum atomic E-state index is 0.0882. The highest BCUT2D eigenvalue weighted by Crippen LogP contribution is 2.27. The number of aryl methyl sites for hydroxylation is 1. The van der Waals surface area contributed by atoms with E-state index in [1.54, 1.807) is 0 Å². The molecular weight excluding hydrogens is 174 g/mol. The number of rotatable bonds is 0. The minimum absolute atomic E-state index is 0.0882. The molecule has 14 heavy (non-hydrogen) atoms. The Balaban J connectivity index is 2.83. The van der Waals surface area contributed by atoms with E-state index in [0.29, 0.717) is 0 Å². The molecule has 3 heteroatoms. The van der Waals surface area contributed by atoms with E-state index < -0.39 is 0 Å². The Kier molecular flexibility index (Phi) is 1.84. The predicted molar refractivity (Wildman–Crippen MR) is 56.4 cm³/mol. The lowest BCUT2D eigenvalue weighted by molar-refractivity contribution is 0.583. The molecule has 0 spiro atoms. The van der Waals surface area contributed by atoms with Crippen LogP contribution in [0.1, 0.15) is 32.0 Å². The molecule has 0 aliphatic carbocycles. The molecule has 0 bridgehead atoms. The van der Waals surface area contributed by atoms with Gasteiger partial charge in [0, 0.05) is 23.7 Å². The van der Waals surface area contributed by atoms with Crippen molar-refractivity contribution in [2.45, 2.75) is 33.1 Å². The summed E-state index contributed by atoms with van der Waals surface area (Å²) in [6.07, 6.45) is 5.55. The van der Waals surface area contributed by atoms with Crippen LogP contribution in [0.5, 0.6) is 0 Å². The third-order valence-corrected chi connectivity index (χ3v) is 2.38. The zero-order valence-corrected chi connectivity index (χ0v) is 9.07. The van der Waals surface area contributed by atoms with E-state index in [4.69, 9.17) is 0 Å². The molecule has 0 saturated carbocycles. The maximum absolute atomic E-state index is 4.37. The molecule has 2 aromatic heterocycles. The molecule has 0 atom stereocenters. The lowest BCUT2D eigenvalue weighted by Gasteiger charge is -2.21. The van der Waals surface area contributed by atoms with Crippen molar-refractivity contribution >= 4 is 5.65 Å². The van der Waals surface area contributed by atoms with Crippen molar-refractivity contribution in [3.63, 3.8) is 0 Å². The molecule has 0 aromatic carbocycles. The van der Waals surface area contributed by atoms with Gasteiger partial charge in [0.2, 0.25) is 0 Å². The fourth-order valence-electron chi connectivity index (χ4n) is 1.85. The van der Waals surface area contributed by atoms with Crippen LogP contribution in [0.3, 0.4) is 0 Å². The first kappa shape index (κ1) is 9.19. The number of hydrogen-bond donors (Lipinski definition) is 0. The smallest absolute Gasteiger partial charge is 0.143 e. The fraction of sp³-hybridized carbons (Fsp3) is 0.455. The van der Waals surface area contributed by atoms with E-state index in [0.717, 1.165) is 11.3 Å². The van der Waals surface area contributed by atoms with Gasteiger partial charge in [0.25, 0.3) is 0 Å². The molecule has 2 aromatic rings. The maximum atomic E-state index is 4.37. The molecule has 0 unspecified atom stereocenters. The molecule has 74 valence electrons. The molecule has 0 fully saturated rings. The van der Waals surface area contributed by atoms with Crippen molar-refractivity contribution < 1.29 is 0 Å². The highest BCUT2D eigenvalue weighted by Gasteiger charge is 2.21. The van der Waals surface area contributed by atoms with E-state index in [1.807, 2.05) is 30.0 Å². The average Bonchev–Trinajstić information content (AvgIpc) is 2.48. The Morgan fingerprint density at radius 3 is 2.57 bits per heavy atom. The van der Waals surface area contributed by atoms with Crippen molar-refractivity contribution in [1.29, 1.82) is 0 Å². The summed E-state index contributed by atoms with van der Waals surface area (Å²) in [6.45, 7) is 8.60. The second-order valence-electron chi connectivity index (χ2n) is 4.61. The molecule has 0 aliphatic rings. The molecule has 0 amide bonds. The van der Waals surface area contributed by atoms with Gasteiger partial charge in [-0.15, -0.1) is 0 Å². The quantitative estimate of drug-likeness (QED) is 0.636. The van der Waals surface area contributed by atoms with Gasteiger partial charge in [-0.1, -0.05) is 20.8 Å². The lowest BCUT2D eigenvalue weighted by atomic mass is 9.86. The minimum Gasteiger partial charge on any atom is -0.290 e. The molecule has 0 aliphatic heterocycles. The summed E-state index contributed by atoms with van der Waals surface area (Å²) in [6, 6.07) is 0. The zero-order chi connectivity index (χ0) is 10.3. The van der Waals surface area contributed by atoms with Gasteiger partial charge in [-0.3, -0.25) is 4.40 Å². The molecule has 0 radical (unpaired) electrons. The van der Waals surface area contributed by atoms with Crippen LogP contribution in [0, 0.1) is 6.92 Å². The van der Waals surface area contributed by atoms with Gasteiger partial charge in [-0.25, -0.2) is 9.97 Å². The third kappa shape index (κ3) is 1.29. The predicted octanol–water partition coefficient (Wildman–Crippen LogP) is 2.34. The van der Waals surface area contributed by atoms with E-state index in [-0.39, 0.29) is 5.41 Å². The Bertz CT molecular complexity index is 463. The van der Waals surface area contributed by atoms with Gasteiger partial charge in [0.15, 0.2) is 0 Å². The summed E-state index contributed by atoms with van der Waals surface area (Å²) in [5, 5.41) is 0. The van der Waals surface area contributed by atoms with E-state index in [9.17, 15) is 0 Å². The van der Waals surface area contributed by atoms with Gasteiger partial charge in [0.1, 0.15) is 12.0 Å². The summed E-state index contributed by atoms with van der Waals surface area (Å²) in [5.74, 6) is 0. The van der Waals surface area contributed by atoms with Crippen LogP contribution in [0.25, 0.3) is 5.65 Å². The second kappa shape index (κ2) is 2.80. The fourth-order valence-corrected chi connectivity index (χ4v) is 1.85. The third-order valence-electron chi connectivity index (χ3n) is 2.38. The highest BCUT2D eigenvalue weighted by atomic mass is 15.0. The first-order valence-electron chi connectivity index (χ1n) is 4.79. The summed E-state index contributed by atoms with van der Waals surface area (Å²) < 4.78 is 1.97. The van der Waals surface area contributed by atoms with Gasteiger partial charge >= 0.3 is 0 Å². The molecule has 3 nitrogen and oxygen atoms in total. The van der Waals surface area contributed by atoms with Crippen molar-refractivity contribution in [2.24, 2.45) is 0 Å². The van der Waals surface area contributed by atoms with Gasteiger partial charge < -0.3 is 0 Å².